The summed E-state index contributed by atoms with van der Waals surface area (Å²) in [7, 11) is 0. The van der Waals surface area contributed by atoms with Gasteiger partial charge in [0.25, 0.3) is 0 Å². The van der Waals surface area contributed by atoms with Crippen LogP contribution in [0.3, 0.4) is 0 Å². The molecule has 106 valence electrons. The summed E-state index contributed by atoms with van der Waals surface area (Å²) >= 11 is 0. The molecule has 0 amide bonds. The van der Waals surface area contributed by atoms with E-state index in [-0.39, 0.29) is 0 Å². The highest BCUT2D eigenvalue weighted by molar-refractivity contribution is 5.00. The van der Waals surface area contributed by atoms with Crippen molar-refractivity contribution in [3.63, 3.8) is 0 Å². The van der Waals surface area contributed by atoms with Gasteiger partial charge in [0.1, 0.15) is 12.2 Å². The zero-order valence-corrected chi connectivity index (χ0v) is 12.2. The predicted octanol–water partition coefficient (Wildman–Crippen LogP) is 1.29. The summed E-state index contributed by atoms with van der Waals surface area (Å²) in [6, 6.07) is 1.10. The van der Waals surface area contributed by atoms with Crippen molar-refractivity contribution in [3.05, 3.63) is 12.2 Å². The van der Waals surface area contributed by atoms with Crippen LogP contribution in [0, 0.1) is 11.8 Å². The first-order valence-corrected chi connectivity index (χ1v) is 7.53. The SMILES string of the molecule is CCC1C2CNCC2CN1Cc1ncnn1C(C)C. The standard InChI is InChI=1S/C14H25N5/c1-4-13-12-6-15-5-11(12)7-18(13)8-14-16-9-17-19(14)10(2)3/h9-13,15H,4-8H2,1-3H3. The van der Waals surface area contributed by atoms with Crippen LogP contribution in [0.25, 0.3) is 0 Å². The van der Waals surface area contributed by atoms with Crippen molar-refractivity contribution in [2.75, 3.05) is 19.6 Å². The van der Waals surface area contributed by atoms with Crippen molar-refractivity contribution in [2.45, 2.75) is 45.8 Å². The molecule has 1 aromatic rings. The van der Waals surface area contributed by atoms with Gasteiger partial charge in [-0.15, -0.1) is 0 Å². The molecule has 3 heterocycles. The molecule has 0 bridgehead atoms. The van der Waals surface area contributed by atoms with Gasteiger partial charge in [-0.25, -0.2) is 9.67 Å². The van der Waals surface area contributed by atoms with E-state index in [0.29, 0.717) is 12.1 Å². The first kappa shape index (κ1) is 13.1. The third kappa shape index (κ3) is 2.30. The Balaban J connectivity index is 1.74. The maximum atomic E-state index is 4.46. The highest BCUT2D eigenvalue weighted by atomic mass is 15.4. The van der Waals surface area contributed by atoms with E-state index in [1.165, 1.54) is 26.1 Å². The lowest BCUT2D eigenvalue weighted by Crippen LogP contribution is -2.35. The molecule has 2 fully saturated rings. The average molecular weight is 263 g/mol. The molecular weight excluding hydrogens is 238 g/mol. The molecule has 0 saturated carbocycles. The first-order valence-electron chi connectivity index (χ1n) is 7.53. The third-order valence-corrected chi connectivity index (χ3v) is 4.72. The van der Waals surface area contributed by atoms with E-state index in [0.717, 1.165) is 24.2 Å². The van der Waals surface area contributed by atoms with Gasteiger partial charge >= 0.3 is 0 Å². The number of nitrogens with zero attached hydrogens (tertiary/aromatic N) is 4. The average Bonchev–Trinajstić information content (AvgIpc) is 3.03. The van der Waals surface area contributed by atoms with Gasteiger partial charge < -0.3 is 5.32 Å². The first-order chi connectivity index (χ1) is 9.20. The van der Waals surface area contributed by atoms with Gasteiger partial charge in [0.2, 0.25) is 0 Å². The summed E-state index contributed by atoms with van der Waals surface area (Å²) in [5.41, 5.74) is 0. The summed E-state index contributed by atoms with van der Waals surface area (Å²) in [4.78, 5) is 7.08. The molecule has 0 radical (unpaired) electrons. The van der Waals surface area contributed by atoms with Crippen LogP contribution in [-0.4, -0.2) is 45.3 Å². The molecule has 1 aromatic heterocycles. The summed E-state index contributed by atoms with van der Waals surface area (Å²) in [6.45, 7) is 11.2. The number of fused-ring (bicyclic) bond motifs is 1. The Morgan fingerprint density at radius 1 is 1.42 bits per heavy atom. The molecule has 2 aliphatic heterocycles. The minimum Gasteiger partial charge on any atom is -0.316 e. The van der Waals surface area contributed by atoms with E-state index < -0.39 is 0 Å². The number of hydrogen-bond donors (Lipinski definition) is 1. The fourth-order valence-electron chi connectivity index (χ4n) is 3.85. The number of rotatable bonds is 4. The minimum atomic E-state index is 0.390. The lowest BCUT2D eigenvalue weighted by Gasteiger charge is -2.26. The van der Waals surface area contributed by atoms with Crippen LogP contribution in [0.4, 0.5) is 0 Å². The Hall–Kier alpha value is -0.940. The Bertz CT molecular complexity index is 427. The molecule has 3 atom stereocenters. The number of hydrogen-bond acceptors (Lipinski definition) is 4. The van der Waals surface area contributed by atoms with Crippen LogP contribution >= 0.6 is 0 Å². The fraction of sp³-hybridized carbons (Fsp3) is 0.857. The van der Waals surface area contributed by atoms with Gasteiger partial charge in [0.15, 0.2) is 0 Å². The molecule has 0 spiro atoms. The van der Waals surface area contributed by atoms with Gasteiger partial charge in [0, 0.05) is 18.6 Å². The van der Waals surface area contributed by atoms with Crippen LogP contribution in [0.2, 0.25) is 0 Å². The largest absolute Gasteiger partial charge is 0.316 e. The maximum Gasteiger partial charge on any atom is 0.141 e. The Morgan fingerprint density at radius 2 is 2.26 bits per heavy atom. The Morgan fingerprint density at radius 3 is 3.00 bits per heavy atom. The normalized spacial score (nSPS) is 31.3. The summed E-state index contributed by atoms with van der Waals surface area (Å²) in [5, 5.41) is 7.89. The third-order valence-electron chi connectivity index (χ3n) is 4.72. The van der Waals surface area contributed by atoms with Crippen molar-refractivity contribution >= 4 is 0 Å². The smallest absolute Gasteiger partial charge is 0.141 e. The molecule has 19 heavy (non-hydrogen) atoms. The zero-order valence-electron chi connectivity index (χ0n) is 12.2. The van der Waals surface area contributed by atoms with Crippen molar-refractivity contribution < 1.29 is 0 Å². The zero-order chi connectivity index (χ0) is 13.4. The number of likely N-dealkylation sites (tertiary alicyclic amines) is 1. The van der Waals surface area contributed by atoms with Gasteiger partial charge in [-0.3, -0.25) is 4.90 Å². The topological polar surface area (TPSA) is 46.0 Å². The summed E-state index contributed by atoms with van der Waals surface area (Å²) in [5.74, 6) is 2.78. The van der Waals surface area contributed by atoms with Crippen molar-refractivity contribution in [1.82, 2.24) is 25.0 Å². The highest BCUT2D eigenvalue weighted by Gasteiger charge is 2.43. The van der Waals surface area contributed by atoms with E-state index in [1.807, 2.05) is 0 Å². The molecule has 2 saturated heterocycles. The van der Waals surface area contributed by atoms with Crippen molar-refractivity contribution in [3.8, 4) is 0 Å². The highest BCUT2D eigenvalue weighted by Crippen LogP contribution is 2.34. The van der Waals surface area contributed by atoms with Crippen LogP contribution in [-0.2, 0) is 6.54 Å². The molecule has 0 aliphatic carbocycles. The number of aromatic nitrogens is 3. The molecule has 3 rings (SSSR count). The van der Waals surface area contributed by atoms with Gasteiger partial charge in [-0.2, -0.15) is 5.10 Å². The van der Waals surface area contributed by atoms with Crippen molar-refractivity contribution in [1.29, 1.82) is 0 Å². The van der Waals surface area contributed by atoms with Crippen LogP contribution < -0.4 is 5.32 Å². The molecule has 0 aromatic carbocycles. The summed E-state index contributed by atoms with van der Waals surface area (Å²) in [6.07, 6.45) is 2.92. The maximum absolute atomic E-state index is 4.46. The monoisotopic (exact) mass is 263 g/mol. The lowest BCUT2D eigenvalue weighted by molar-refractivity contribution is 0.201. The molecule has 3 unspecified atom stereocenters. The summed E-state index contributed by atoms with van der Waals surface area (Å²) < 4.78 is 2.05. The predicted molar refractivity (Wildman–Crippen MR) is 74.7 cm³/mol. The van der Waals surface area contributed by atoms with Crippen LogP contribution in [0.15, 0.2) is 6.33 Å². The van der Waals surface area contributed by atoms with Gasteiger partial charge in [-0.05, 0) is 45.2 Å². The number of nitrogens with one attached hydrogen (secondary N) is 1. The Kier molecular flexibility index (Phi) is 3.58. The molecular formula is C14H25N5. The molecule has 5 nitrogen and oxygen atoms in total. The minimum absolute atomic E-state index is 0.390. The van der Waals surface area contributed by atoms with E-state index in [9.17, 15) is 0 Å². The second kappa shape index (κ2) is 5.21. The molecule has 5 heteroatoms. The second-order valence-corrected chi connectivity index (χ2v) is 6.20. The van der Waals surface area contributed by atoms with E-state index >= 15 is 0 Å². The van der Waals surface area contributed by atoms with E-state index in [1.54, 1.807) is 6.33 Å². The van der Waals surface area contributed by atoms with Gasteiger partial charge in [0.05, 0.1) is 6.54 Å². The van der Waals surface area contributed by atoms with Crippen molar-refractivity contribution in [2.24, 2.45) is 11.8 Å². The molecule has 1 N–H and O–H groups in total. The molecule has 2 aliphatic rings. The van der Waals surface area contributed by atoms with Crippen LogP contribution in [0.1, 0.15) is 39.1 Å². The fourth-order valence-corrected chi connectivity index (χ4v) is 3.85. The van der Waals surface area contributed by atoms with Crippen LogP contribution in [0.5, 0.6) is 0 Å². The van der Waals surface area contributed by atoms with E-state index in [4.69, 9.17) is 0 Å². The van der Waals surface area contributed by atoms with Gasteiger partial charge in [-0.1, -0.05) is 6.92 Å². The Labute approximate surface area is 115 Å². The second-order valence-electron chi connectivity index (χ2n) is 6.20. The van der Waals surface area contributed by atoms with E-state index in [2.05, 4.69) is 45.8 Å². The lowest BCUT2D eigenvalue weighted by atomic mass is 9.93. The quantitative estimate of drug-likeness (QED) is 0.889.